The van der Waals surface area contributed by atoms with Gasteiger partial charge in [-0.25, -0.2) is 0 Å². The molecule has 0 radical (unpaired) electrons. The number of benzene rings is 3. The van der Waals surface area contributed by atoms with Crippen LogP contribution in [0.1, 0.15) is 0 Å². The lowest BCUT2D eigenvalue weighted by molar-refractivity contribution is 0.483. The molecule has 3 aromatic carbocycles. The summed E-state index contributed by atoms with van der Waals surface area (Å²) < 4.78 is 31.5. The van der Waals surface area contributed by atoms with Crippen LogP contribution in [0, 0.1) is 0 Å². The Morgan fingerprint density at radius 3 is 2.07 bits per heavy atom. The zero-order chi connectivity index (χ0) is 19.4. The summed E-state index contributed by atoms with van der Waals surface area (Å²) >= 11 is 11.8. The van der Waals surface area contributed by atoms with Gasteiger partial charge < -0.3 is 5.32 Å². The molecule has 0 saturated carbocycles. The molecule has 0 saturated heterocycles. The van der Waals surface area contributed by atoms with Crippen LogP contribution in [0.2, 0.25) is 10.0 Å². The van der Waals surface area contributed by atoms with Gasteiger partial charge in [-0.1, -0.05) is 41.4 Å². The van der Waals surface area contributed by atoms with Crippen LogP contribution in [-0.2, 0) is 10.1 Å². The van der Waals surface area contributed by atoms with Gasteiger partial charge in [0.25, 0.3) is 10.1 Å². The summed E-state index contributed by atoms with van der Waals surface area (Å²) in [6.07, 6.45) is 0. The first-order chi connectivity index (χ1) is 12.8. The van der Waals surface area contributed by atoms with E-state index in [9.17, 15) is 8.42 Å². The zero-order valence-corrected chi connectivity index (χ0v) is 16.0. The monoisotopic (exact) mass is 421 g/mol. The number of nitrogens with zero attached hydrogens (tertiary/aromatic N) is 2. The Kier molecular flexibility index (Phi) is 5.76. The number of hydrogen-bond acceptors (Lipinski definition) is 5. The van der Waals surface area contributed by atoms with Gasteiger partial charge in [-0.3, -0.25) is 4.55 Å². The quantitative estimate of drug-likeness (QED) is 0.368. The molecule has 138 valence electrons. The molecule has 0 aromatic heterocycles. The Balaban J connectivity index is 1.77. The van der Waals surface area contributed by atoms with Crippen molar-refractivity contribution in [2.75, 3.05) is 5.32 Å². The van der Waals surface area contributed by atoms with Crippen molar-refractivity contribution in [3.8, 4) is 0 Å². The molecule has 3 rings (SSSR count). The largest absolute Gasteiger partial charge is 0.356 e. The highest BCUT2D eigenvalue weighted by atomic mass is 35.5. The first-order valence-electron chi connectivity index (χ1n) is 7.63. The van der Waals surface area contributed by atoms with E-state index in [1.807, 2.05) is 42.5 Å². The summed E-state index contributed by atoms with van der Waals surface area (Å²) in [5.41, 5.74) is 2.60. The molecule has 0 heterocycles. The molecular weight excluding hydrogens is 409 g/mol. The van der Waals surface area contributed by atoms with Gasteiger partial charge in [-0.15, -0.1) is 5.11 Å². The fraction of sp³-hybridized carbons (Fsp3) is 0. The van der Waals surface area contributed by atoms with Crippen molar-refractivity contribution in [3.05, 3.63) is 76.8 Å². The minimum Gasteiger partial charge on any atom is -0.356 e. The first-order valence-corrected chi connectivity index (χ1v) is 9.83. The van der Waals surface area contributed by atoms with Gasteiger partial charge in [0.05, 0.1) is 15.7 Å². The topological polar surface area (TPSA) is 91.1 Å². The maximum atomic E-state index is 11.2. The second-order valence-electron chi connectivity index (χ2n) is 5.45. The Hall–Kier alpha value is -2.45. The van der Waals surface area contributed by atoms with Crippen LogP contribution in [-0.4, -0.2) is 13.0 Å². The zero-order valence-electron chi connectivity index (χ0n) is 13.7. The van der Waals surface area contributed by atoms with E-state index in [-0.39, 0.29) is 15.7 Å². The van der Waals surface area contributed by atoms with Crippen molar-refractivity contribution in [2.45, 2.75) is 4.90 Å². The smallest absolute Gasteiger partial charge is 0.296 e. The van der Waals surface area contributed by atoms with E-state index in [4.69, 9.17) is 27.8 Å². The van der Waals surface area contributed by atoms with Gasteiger partial charge in [0.2, 0.25) is 0 Å². The lowest BCUT2D eigenvalue weighted by Crippen LogP contribution is -1.98. The summed E-state index contributed by atoms with van der Waals surface area (Å²) in [5.74, 6) is 0. The van der Waals surface area contributed by atoms with Gasteiger partial charge in [0.1, 0.15) is 10.6 Å². The van der Waals surface area contributed by atoms with Crippen molar-refractivity contribution in [1.29, 1.82) is 0 Å². The fourth-order valence-corrected chi connectivity index (χ4v) is 3.49. The van der Waals surface area contributed by atoms with Crippen molar-refractivity contribution in [3.63, 3.8) is 0 Å². The average Bonchev–Trinajstić information content (AvgIpc) is 2.63. The minimum atomic E-state index is -4.47. The van der Waals surface area contributed by atoms with E-state index in [1.165, 1.54) is 6.07 Å². The van der Waals surface area contributed by atoms with E-state index < -0.39 is 15.0 Å². The van der Waals surface area contributed by atoms with E-state index >= 15 is 0 Å². The lowest BCUT2D eigenvalue weighted by Gasteiger charge is -2.06. The molecule has 9 heteroatoms. The fourth-order valence-electron chi connectivity index (χ4n) is 2.20. The van der Waals surface area contributed by atoms with Crippen molar-refractivity contribution in [1.82, 2.24) is 0 Å². The predicted molar refractivity (Wildman–Crippen MR) is 107 cm³/mol. The molecule has 6 nitrogen and oxygen atoms in total. The van der Waals surface area contributed by atoms with Crippen LogP contribution in [0.15, 0.2) is 81.9 Å². The van der Waals surface area contributed by atoms with Crippen LogP contribution < -0.4 is 5.32 Å². The normalized spacial score (nSPS) is 11.7. The molecule has 0 atom stereocenters. The highest BCUT2D eigenvalue weighted by Gasteiger charge is 2.17. The molecule has 0 amide bonds. The molecule has 0 aliphatic rings. The van der Waals surface area contributed by atoms with E-state index in [1.54, 1.807) is 12.1 Å². The molecule has 0 spiro atoms. The average molecular weight is 422 g/mol. The van der Waals surface area contributed by atoms with Gasteiger partial charge in [0, 0.05) is 11.4 Å². The number of halogens is 2. The van der Waals surface area contributed by atoms with Crippen molar-refractivity contribution in [2.24, 2.45) is 10.2 Å². The van der Waals surface area contributed by atoms with Crippen LogP contribution in [0.3, 0.4) is 0 Å². The standard InChI is InChI=1S/C18H13Cl2N3O3S/c19-15-11-18(27(24,25)26)16(20)10-17(15)23-22-14-8-6-13(7-9-14)21-12-4-2-1-3-5-12/h1-11,21H,(H,24,25,26). The summed E-state index contributed by atoms with van der Waals surface area (Å²) in [6.45, 7) is 0. The second kappa shape index (κ2) is 8.06. The minimum absolute atomic E-state index is 0.00172. The second-order valence-corrected chi connectivity index (χ2v) is 7.65. The Morgan fingerprint density at radius 1 is 0.815 bits per heavy atom. The first kappa shape index (κ1) is 19.3. The number of rotatable bonds is 5. The van der Waals surface area contributed by atoms with E-state index in [0.717, 1.165) is 17.4 Å². The SMILES string of the molecule is O=S(=O)(O)c1cc(Cl)c(N=Nc2ccc(Nc3ccccc3)cc2)cc1Cl. The third-order valence-electron chi connectivity index (χ3n) is 3.48. The Labute approximate surface area is 166 Å². The Bertz CT molecular complexity index is 1090. The molecule has 27 heavy (non-hydrogen) atoms. The van der Waals surface area contributed by atoms with Crippen molar-refractivity contribution >= 4 is 56.1 Å². The summed E-state index contributed by atoms with van der Waals surface area (Å²) in [6, 6.07) is 19.2. The van der Waals surface area contributed by atoms with Gasteiger partial charge in [0.15, 0.2) is 0 Å². The number of azo groups is 1. The maximum absolute atomic E-state index is 11.2. The summed E-state index contributed by atoms with van der Waals surface area (Å²) in [7, 11) is -4.47. The molecule has 3 aromatic rings. The maximum Gasteiger partial charge on any atom is 0.296 e. The lowest BCUT2D eigenvalue weighted by atomic mass is 10.2. The number of nitrogens with one attached hydrogen (secondary N) is 1. The number of hydrogen-bond donors (Lipinski definition) is 2. The highest BCUT2D eigenvalue weighted by Crippen LogP contribution is 2.34. The van der Waals surface area contributed by atoms with Gasteiger partial charge in [-0.2, -0.15) is 13.5 Å². The third-order valence-corrected chi connectivity index (χ3v) is 5.10. The number of para-hydroxylation sites is 1. The molecule has 0 bridgehead atoms. The predicted octanol–water partition coefficient (Wildman–Crippen LogP) is 6.40. The molecule has 0 fully saturated rings. The summed E-state index contributed by atoms with van der Waals surface area (Å²) in [5, 5.41) is 11.1. The third kappa shape index (κ3) is 5.05. The molecule has 0 aliphatic heterocycles. The van der Waals surface area contributed by atoms with E-state index in [0.29, 0.717) is 5.69 Å². The van der Waals surface area contributed by atoms with Crippen molar-refractivity contribution < 1.29 is 13.0 Å². The van der Waals surface area contributed by atoms with E-state index in [2.05, 4.69) is 15.5 Å². The molecular formula is C18H13Cl2N3O3S. The van der Waals surface area contributed by atoms with Crippen LogP contribution >= 0.6 is 23.2 Å². The summed E-state index contributed by atoms with van der Waals surface area (Å²) in [4.78, 5) is -0.482. The Morgan fingerprint density at radius 2 is 1.44 bits per heavy atom. The van der Waals surface area contributed by atoms with Crippen LogP contribution in [0.25, 0.3) is 0 Å². The highest BCUT2D eigenvalue weighted by molar-refractivity contribution is 7.86. The van der Waals surface area contributed by atoms with Crippen LogP contribution in [0.5, 0.6) is 0 Å². The molecule has 0 unspecified atom stereocenters. The van der Waals surface area contributed by atoms with Gasteiger partial charge in [-0.05, 0) is 48.5 Å². The van der Waals surface area contributed by atoms with Crippen LogP contribution in [0.4, 0.5) is 22.7 Å². The number of anilines is 2. The molecule has 2 N–H and O–H groups in total. The molecule has 0 aliphatic carbocycles. The van der Waals surface area contributed by atoms with Gasteiger partial charge >= 0.3 is 0 Å².